The van der Waals surface area contributed by atoms with Crippen molar-refractivity contribution in [1.29, 1.82) is 0 Å². The lowest BCUT2D eigenvalue weighted by molar-refractivity contribution is 0.477. The Morgan fingerprint density at radius 2 is 2.00 bits per heavy atom. The molecule has 2 heterocycles. The maximum atomic E-state index is 13.8. The molecule has 0 saturated heterocycles. The van der Waals surface area contributed by atoms with Gasteiger partial charge in [-0.05, 0) is 42.3 Å². The van der Waals surface area contributed by atoms with Crippen LogP contribution in [0.15, 0.2) is 54.9 Å². The lowest BCUT2D eigenvalue weighted by Gasteiger charge is -2.11. The van der Waals surface area contributed by atoms with Crippen molar-refractivity contribution >= 4 is 16.7 Å². The third kappa shape index (κ3) is 3.57. The zero-order chi connectivity index (χ0) is 18.8. The SMILES string of the molecule is Cn1cc(CCNc2nc(-c3ccccc3O)nc3ccc(F)cc23)cn1. The van der Waals surface area contributed by atoms with Gasteiger partial charge in [-0.25, -0.2) is 14.4 Å². The molecule has 0 atom stereocenters. The lowest BCUT2D eigenvalue weighted by Crippen LogP contribution is -2.08. The zero-order valence-corrected chi connectivity index (χ0v) is 14.7. The highest BCUT2D eigenvalue weighted by molar-refractivity contribution is 5.91. The largest absolute Gasteiger partial charge is 0.507 e. The summed E-state index contributed by atoms with van der Waals surface area (Å²) >= 11 is 0. The smallest absolute Gasteiger partial charge is 0.165 e. The van der Waals surface area contributed by atoms with Crippen LogP contribution in [0.4, 0.5) is 10.2 Å². The molecule has 2 aromatic heterocycles. The van der Waals surface area contributed by atoms with Gasteiger partial charge in [-0.15, -0.1) is 0 Å². The first kappa shape index (κ1) is 17.0. The van der Waals surface area contributed by atoms with Gasteiger partial charge in [0, 0.05) is 25.2 Å². The Balaban J connectivity index is 1.70. The summed E-state index contributed by atoms with van der Waals surface area (Å²) in [4.78, 5) is 9.03. The minimum absolute atomic E-state index is 0.0975. The number of aromatic nitrogens is 4. The number of para-hydroxylation sites is 1. The van der Waals surface area contributed by atoms with Crippen LogP contribution in [-0.4, -0.2) is 31.4 Å². The molecule has 0 spiro atoms. The van der Waals surface area contributed by atoms with Crippen LogP contribution in [0.3, 0.4) is 0 Å². The van der Waals surface area contributed by atoms with E-state index in [2.05, 4.69) is 20.4 Å². The van der Waals surface area contributed by atoms with Gasteiger partial charge in [0.15, 0.2) is 5.82 Å². The minimum Gasteiger partial charge on any atom is -0.507 e. The molecule has 6 nitrogen and oxygen atoms in total. The number of aryl methyl sites for hydroxylation is 1. The number of anilines is 1. The molecule has 4 rings (SSSR count). The average molecular weight is 363 g/mol. The molecular formula is C20H18FN5O. The number of rotatable bonds is 5. The first-order valence-electron chi connectivity index (χ1n) is 8.57. The van der Waals surface area contributed by atoms with Gasteiger partial charge in [0.2, 0.25) is 0 Å². The summed E-state index contributed by atoms with van der Waals surface area (Å²) in [5, 5.41) is 18.1. The molecule has 0 unspecified atom stereocenters. The van der Waals surface area contributed by atoms with Crippen LogP contribution in [0.25, 0.3) is 22.3 Å². The van der Waals surface area contributed by atoms with Gasteiger partial charge in [-0.1, -0.05) is 12.1 Å². The molecule has 7 heteroatoms. The van der Waals surface area contributed by atoms with Crippen LogP contribution < -0.4 is 5.32 Å². The van der Waals surface area contributed by atoms with Crippen molar-refractivity contribution < 1.29 is 9.50 Å². The molecule has 4 aromatic rings. The number of hydrogen-bond acceptors (Lipinski definition) is 5. The van der Waals surface area contributed by atoms with Gasteiger partial charge >= 0.3 is 0 Å². The van der Waals surface area contributed by atoms with E-state index in [1.54, 1.807) is 28.9 Å². The fraction of sp³-hybridized carbons (Fsp3) is 0.150. The van der Waals surface area contributed by atoms with E-state index in [1.165, 1.54) is 12.1 Å². The predicted octanol–water partition coefficient (Wildman–Crippen LogP) is 3.53. The quantitative estimate of drug-likeness (QED) is 0.567. The maximum Gasteiger partial charge on any atom is 0.165 e. The van der Waals surface area contributed by atoms with Crippen molar-refractivity contribution in [3.05, 3.63) is 66.2 Å². The van der Waals surface area contributed by atoms with Gasteiger partial charge in [0.05, 0.1) is 17.3 Å². The monoisotopic (exact) mass is 363 g/mol. The Kier molecular flexibility index (Phi) is 4.42. The van der Waals surface area contributed by atoms with Crippen molar-refractivity contribution in [2.24, 2.45) is 7.05 Å². The molecule has 0 radical (unpaired) electrons. The van der Waals surface area contributed by atoms with Gasteiger partial charge in [0.25, 0.3) is 0 Å². The van der Waals surface area contributed by atoms with Crippen LogP contribution in [0.5, 0.6) is 5.75 Å². The molecule has 0 aliphatic rings. The number of fused-ring (bicyclic) bond motifs is 1. The summed E-state index contributed by atoms with van der Waals surface area (Å²) < 4.78 is 15.5. The normalized spacial score (nSPS) is 11.0. The molecule has 0 saturated carbocycles. The first-order valence-corrected chi connectivity index (χ1v) is 8.57. The van der Waals surface area contributed by atoms with Crippen molar-refractivity contribution in [2.75, 3.05) is 11.9 Å². The Bertz CT molecular complexity index is 1110. The van der Waals surface area contributed by atoms with E-state index < -0.39 is 0 Å². The van der Waals surface area contributed by atoms with E-state index in [9.17, 15) is 9.50 Å². The fourth-order valence-corrected chi connectivity index (χ4v) is 2.94. The Morgan fingerprint density at radius 3 is 2.78 bits per heavy atom. The zero-order valence-electron chi connectivity index (χ0n) is 14.7. The highest BCUT2D eigenvalue weighted by atomic mass is 19.1. The molecule has 0 fully saturated rings. The molecule has 0 aliphatic carbocycles. The third-order valence-corrected chi connectivity index (χ3v) is 4.27. The molecule has 2 N–H and O–H groups in total. The summed E-state index contributed by atoms with van der Waals surface area (Å²) in [5.74, 6) is 0.662. The number of phenolic OH excluding ortho intramolecular Hbond substituents is 1. The van der Waals surface area contributed by atoms with E-state index in [0.717, 1.165) is 12.0 Å². The molecule has 136 valence electrons. The molecule has 0 amide bonds. The third-order valence-electron chi connectivity index (χ3n) is 4.27. The van der Waals surface area contributed by atoms with Gasteiger partial charge in [-0.2, -0.15) is 5.10 Å². The Morgan fingerprint density at radius 1 is 1.15 bits per heavy atom. The number of nitrogens with one attached hydrogen (secondary N) is 1. The van der Waals surface area contributed by atoms with Crippen LogP contribution >= 0.6 is 0 Å². The highest BCUT2D eigenvalue weighted by Crippen LogP contribution is 2.30. The second-order valence-corrected chi connectivity index (χ2v) is 6.27. The van der Waals surface area contributed by atoms with Crippen LogP contribution in [-0.2, 0) is 13.5 Å². The number of aromatic hydroxyl groups is 1. The highest BCUT2D eigenvalue weighted by Gasteiger charge is 2.13. The summed E-state index contributed by atoms with van der Waals surface area (Å²) in [5.41, 5.74) is 2.23. The topological polar surface area (TPSA) is 75.9 Å². The minimum atomic E-state index is -0.350. The van der Waals surface area contributed by atoms with Gasteiger partial charge < -0.3 is 10.4 Å². The summed E-state index contributed by atoms with van der Waals surface area (Å²) in [6, 6.07) is 11.3. The Hall–Kier alpha value is -3.48. The second kappa shape index (κ2) is 7.03. The van der Waals surface area contributed by atoms with E-state index in [0.29, 0.717) is 34.7 Å². The fourth-order valence-electron chi connectivity index (χ4n) is 2.94. The van der Waals surface area contributed by atoms with E-state index in [4.69, 9.17) is 0 Å². The van der Waals surface area contributed by atoms with Crippen molar-refractivity contribution in [3.8, 4) is 17.1 Å². The molecule has 2 aromatic carbocycles. The summed E-state index contributed by atoms with van der Waals surface area (Å²) in [7, 11) is 1.87. The van der Waals surface area contributed by atoms with Crippen molar-refractivity contribution in [2.45, 2.75) is 6.42 Å². The predicted molar refractivity (Wildman–Crippen MR) is 102 cm³/mol. The number of benzene rings is 2. The number of hydrogen-bond donors (Lipinski definition) is 2. The van der Waals surface area contributed by atoms with Crippen LogP contribution in [0, 0.1) is 5.82 Å². The summed E-state index contributed by atoms with van der Waals surface area (Å²) in [6.45, 7) is 0.606. The molecule has 0 aliphatic heterocycles. The Labute approximate surface area is 155 Å². The second-order valence-electron chi connectivity index (χ2n) is 6.27. The number of halogens is 1. The van der Waals surface area contributed by atoms with Crippen LogP contribution in [0.1, 0.15) is 5.56 Å². The maximum absolute atomic E-state index is 13.8. The lowest BCUT2D eigenvalue weighted by atomic mass is 10.1. The van der Waals surface area contributed by atoms with E-state index >= 15 is 0 Å². The molecular weight excluding hydrogens is 345 g/mol. The van der Waals surface area contributed by atoms with Gasteiger partial charge in [-0.3, -0.25) is 4.68 Å². The van der Waals surface area contributed by atoms with Gasteiger partial charge in [0.1, 0.15) is 17.4 Å². The summed E-state index contributed by atoms with van der Waals surface area (Å²) in [6.07, 6.45) is 4.51. The molecule has 27 heavy (non-hydrogen) atoms. The molecule has 0 bridgehead atoms. The number of nitrogens with zero attached hydrogens (tertiary/aromatic N) is 4. The first-order chi connectivity index (χ1) is 13.1. The van der Waals surface area contributed by atoms with Crippen molar-refractivity contribution in [1.82, 2.24) is 19.7 Å². The van der Waals surface area contributed by atoms with Crippen LogP contribution in [0.2, 0.25) is 0 Å². The standard InChI is InChI=1S/C20H18FN5O/c1-26-12-13(11-23-26)8-9-22-19-16-10-14(21)6-7-17(16)24-20(25-19)15-4-2-3-5-18(15)27/h2-7,10-12,27H,8-9H2,1H3,(H,22,24,25). The average Bonchev–Trinajstić information content (AvgIpc) is 3.07. The van der Waals surface area contributed by atoms with Crippen molar-refractivity contribution in [3.63, 3.8) is 0 Å². The van der Waals surface area contributed by atoms with E-state index in [1.807, 2.05) is 25.5 Å². The number of phenols is 1. The van der Waals surface area contributed by atoms with E-state index in [-0.39, 0.29) is 11.6 Å².